The molecule has 6 heteroatoms. The van der Waals surface area contributed by atoms with Gasteiger partial charge in [0.2, 0.25) is 11.8 Å². The van der Waals surface area contributed by atoms with E-state index < -0.39 is 6.04 Å². The molecule has 0 aromatic heterocycles. The Bertz CT molecular complexity index is 862. The van der Waals surface area contributed by atoms with Gasteiger partial charge in [-0.1, -0.05) is 65.7 Å². The molecular formula is C22H22Cl2N2O2. The summed E-state index contributed by atoms with van der Waals surface area (Å²) in [4.78, 5) is 27.2. The van der Waals surface area contributed by atoms with Gasteiger partial charge >= 0.3 is 0 Å². The van der Waals surface area contributed by atoms with Crippen LogP contribution < -0.4 is 5.32 Å². The third-order valence-corrected chi connectivity index (χ3v) is 5.54. The van der Waals surface area contributed by atoms with E-state index in [1.165, 1.54) is 6.08 Å². The predicted molar refractivity (Wildman–Crippen MR) is 113 cm³/mol. The smallest absolute Gasteiger partial charge is 0.245 e. The molecule has 4 nitrogen and oxygen atoms in total. The molecule has 0 bridgehead atoms. The molecule has 1 atom stereocenters. The lowest BCUT2D eigenvalue weighted by Gasteiger charge is -2.23. The van der Waals surface area contributed by atoms with Gasteiger partial charge in [-0.25, -0.2) is 0 Å². The molecule has 0 spiro atoms. The second-order valence-corrected chi connectivity index (χ2v) is 7.54. The van der Waals surface area contributed by atoms with Gasteiger partial charge in [-0.3, -0.25) is 9.59 Å². The topological polar surface area (TPSA) is 49.4 Å². The molecule has 2 aromatic rings. The number of carbonyl (C=O) groups excluding carboxylic acids is 2. The Morgan fingerprint density at radius 3 is 2.46 bits per heavy atom. The highest BCUT2D eigenvalue weighted by Gasteiger charge is 2.27. The molecule has 1 fully saturated rings. The fraction of sp³-hybridized carbons (Fsp3) is 0.273. The highest BCUT2D eigenvalue weighted by atomic mass is 35.5. The van der Waals surface area contributed by atoms with Crippen molar-refractivity contribution in [2.24, 2.45) is 0 Å². The van der Waals surface area contributed by atoms with Crippen LogP contribution in [0.1, 0.15) is 24.0 Å². The van der Waals surface area contributed by atoms with E-state index in [-0.39, 0.29) is 11.8 Å². The second kappa shape index (κ2) is 9.76. The number of carbonyl (C=O) groups is 2. The van der Waals surface area contributed by atoms with Crippen molar-refractivity contribution in [2.75, 3.05) is 13.1 Å². The normalized spacial score (nSPS) is 15.0. The molecule has 1 heterocycles. The zero-order chi connectivity index (χ0) is 19.9. The van der Waals surface area contributed by atoms with Crippen LogP contribution in [0.4, 0.5) is 0 Å². The zero-order valence-electron chi connectivity index (χ0n) is 15.4. The van der Waals surface area contributed by atoms with Crippen molar-refractivity contribution in [3.8, 4) is 0 Å². The summed E-state index contributed by atoms with van der Waals surface area (Å²) in [6.07, 6.45) is 5.44. The fourth-order valence-corrected chi connectivity index (χ4v) is 3.61. The molecule has 1 aliphatic heterocycles. The number of hydrogen-bond acceptors (Lipinski definition) is 2. The van der Waals surface area contributed by atoms with Gasteiger partial charge in [0.1, 0.15) is 6.04 Å². The SMILES string of the molecule is O=C(/C=C/c1cccc(Cl)c1Cl)NC(Cc1ccccc1)C(=O)N1CCCC1. The Kier molecular flexibility index (Phi) is 7.12. The molecule has 1 aliphatic rings. The average Bonchev–Trinajstić information content (AvgIpc) is 3.24. The summed E-state index contributed by atoms with van der Waals surface area (Å²) in [7, 11) is 0. The number of amides is 2. The van der Waals surface area contributed by atoms with Gasteiger partial charge in [0.05, 0.1) is 10.0 Å². The van der Waals surface area contributed by atoms with Crippen molar-refractivity contribution < 1.29 is 9.59 Å². The number of rotatable bonds is 6. The Hall–Kier alpha value is -2.30. The minimum absolute atomic E-state index is 0.0381. The number of likely N-dealkylation sites (tertiary alicyclic amines) is 1. The van der Waals surface area contributed by atoms with Gasteiger partial charge in [-0.15, -0.1) is 0 Å². The lowest BCUT2D eigenvalue weighted by molar-refractivity contribution is -0.134. The summed E-state index contributed by atoms with van der Waals surface area (Å²) in [5, 5.41) is 3.67. The lowest BCUT2D eigenvalue weighted by atomic mass is 10.0. The minimum atomic E-state index is -0.604. The molecule has 3 rings (SSSR count). The molecule has 0 aliphatic carbocycles. The van der Waals surface area contributed by atoms with Gasteiger partial charge in [-0.2, -0.15) is 0 Å². The first kappa shape index (κ1) is 20.4. The fourth-order valence-electron chi connectivity index (χ4n) is 3.24. The number of nitrogens with zero attached hydrogens (tertiary/aromatic N) is 1. The van der Waals surface area contributed by atoms with Gasteiger partial charge < -0.3 is 10.2 Å². The van der Waals surface area contributed by atoms with Crippen LogP contribution in [-0.4, -0.2) is 35.8 Å². The maximum absolute atomic E-state index is 12.9. The van der Waals surface area contributed by atoms with E-state index in [4.69, 9.17) is 23.2 Å². The zero-order valence-corrected chi connectivity index (χ0v) is 16.9. The van der Waals surface area contributed by atoms with E-state index in [1.807, 2.05) is 35.2 Å². The van der Waals surface area contributed by atoms with E-state index in [9.17, 15) is 9.59 Å². The van der Waals surface area contributed by atoms with E-state index in [2.05, 4.69) is 5.32 Å². The van der Waals surface area contributed by atoms with Gasteiger partial charge in [-0.05, 0) is 36.1 Å². The summed E-state index contributed by atoms with van der Waals surface area (Å²) < 4.78 is 0. The van der Waals surface area contributed by atoms with Crippen molar-refractivity contribution in [1.82, 2.24) is 10.2 Å². The first-order valence-electron chi connectivity index (χ1n) is 9.30. The molecule has 2 amide bonds. The first-order chi connectivity index (χ1) is 13.5. The summed E-state index contributed by atoms with van der Waals surface area (Å²) in [5.41, 5.74) is 1.65. The molecule has 146 valence electrons. The first-order valence-corrected chi connectivity index (χ1v) is 10.1. The predicted octanol–water partition coefficient (Wildman–Crippen LogP) is 4.36. The lowest BCUT2D eigenvalue weighted by Crippen LogP contribution is -2.48. The van der Waals surface area contributed by atoms with Crippen LogP contribution in [0, 0.1) is 0 Å². The quantitative estimate of drug-likeness (QED) is 0.711. The Morgan fingerprint density at radius 1 is 1.04 bits per heavy atom. The minimum Gasteiger partial charge on any atom is -0.341 e. The number of hydrogen-bond donors (Lipinski definition) is 1. The van der Waals surface area contributed by atoms with Crippen LogP contribution in [-0.2, 0) is 16.0 Å². The number of benzene rings is 2. The van der Waals surface area contributed by atoms with Crippen LogP contribution >= 0.6 is 23.2 Å². The van der Waals surface area contributed by atoms with Crippen molar-refractivity contribution in [1.29, 1.82) is 0 Å². The van der Waals surface area contributed by atoms with Crippen LogP contribution in [0.2, 0.25) is 10.0 Å². The van der Waals surface area contributed by atoms with Crippen LogP contribution in [0.15, 0.2) is 54.6 Å². The van der Waals surface area contributed by atoms with Gasteiger partial charge in [0.15, 0.2) is 0 Å². The van der Waals surface area contributed by atoms with E-state index in [1.54, 1.807) is 24.3 Å². The molecule has 1 saturated heterocycles. The molecule has 1 unspecified atom stereocenters. The Morgan fingerprint density at radius 2 is 1.75 bits per heavy atom. The van der Waals surface area contributed by atoms with Crippen molar-refractivity contribution in [3.63, 3.8) is 0 Å². The van der Waals surface area contributed by atoms with Crippen LogP contribution in [0.3, 0.4) is 0 Å². The molecule has 0 saturated carbocycles. The van der Waals surface area contributed by atoms with E-state index in [0.29, 0.717) is 22.0 Å². The highest BCUT2D eigenvalue weighted by molar-refractivity contribution is 6.42. The van der Waals surface area contributed by atoms with E-state index in [0.717, 1.165) is 31.5 Å². The second-order valence-electron chi connectivity index (χ2n) is 6.76. The third kappa shape index (κ3) is 5.37. The Labute approximate surface area is 175 Å². The van der Waals surface area contributed by atoms with Crippen molar-refractivity contribution >= 4 is 41.1 Å². The van der Waals surface area contributed by atoms with Crippen LogP contribution in [0.5, 0.6) is 0 Å². The molecular weight excluding hydrogens is 395 g/mol. The summed E-state index contributed by atoms with van der Waals surface area (Å²) in [6, 6.07) is 14.3. The van der Waals surface area contributed by atoms with Crippen LogP contribution in [0.25, 0.3) is 6.08 Å². The van der Waals surface area contributed by atoms with Crippen molar-refractivity contribution in [3.05, 3.63) is 75.8 Å². The summed E-state index contributed by atoms with van der Waals surface area (Å²) in [5.74, 6) is -0.381. The van der Waals surface area contributed by atoms with Gasteiger partial charge in [0, 0.05) is 25.6 Å². The standard InChI is InChI=1S/C22H22Cl2N2O2/c23-18-10-6-9-17(21(18)24)11-12-20(27)25-19(15-16-7-2-1-3-8-16)22(28)26-13-4-5-14-26/h1-3,6-12,19H,4-5,13-15H2,(H,25,27)/b12-11+. The third-order valence-electron chi connectivity index (χ3n) is 4.71. The monoisotopic (exact) mass is 416 g/mol. The molecule has 2 aromatic carbocycles. The molecule has 28 heavy (non-hydrogen) atoms. The summed E-state index contributed by atoms with van der Waals surface area (Å²) >= 11 is 12.2. The average molecular weight is 417 g/mol. The van der Waals surface area contributed by atoms with E-state index >= 15 is 0 Å². The maximum Gasteiger partial charge on any atom is 0.245 e. The largest absolute Gasteiger partial charge is 0.341 e. The summed E-state index contributed by atoms with van der Waals surface area (Å²) in [6.45, 7) is 1.49. The molecule has 1 N–H and O–H groups in total. The maximum atomic E-state index is 12.9. The molecule has 0 radical (unpaired) electrons. The number of nitrogens with one attached hydrogen (secondary N) is 1. The highest BCUT2D eigenvalue weighted by Crippen LogP contribution is 2.26. The number of halogens is 2. The Balaban J connectivity index is 1.72. The van der Waals surface area contributed by atoms with Gasteiger partial charge in [0.25, 0.3) is 0 Å². The van der Waals surface area contributed by atoms with Crippen molar-refractivity contribution in [2.45, 2.75) is 25.3 Å².